The van der Waals surface area contributed by atoms with Gasteiger partial charge >= 0.3 is 0 Å². The molecule has 4 nitrogen and oxygen atoms in total. The summed E-state index contributed by atoms with van der Waals surface area (Å²) in [5.74, 6) is 1.25. The van der Waals surface area contributed by atoms with Crippen molar-refractivity contribution in [3.8, 4) is 5.75 Å². The number of ether oxygens (including phenoxy) is 1. The molecule has 1 amide bonds. The minimum atomic E-state index is -0.471. The third-order valence-electron chi connectivity index (χ3n) is 4.03. The third kappa shape index (κ3) is 5.21. The van der Waals surface area contributed by atoms with E-state index in [4.69, 9.17) is 4.74 Å². The van der Waals surface area contributed by atoms with Crippen molar-refractivity contribution in [2.24, 2.45) is 5.92 Å². The van der Waals surface area contributed by atoms with Gasteiger partial charge in [-0.15, -0.1) is 11.8 Å². The summed E-state index contributed by atoms with van der Waals surface area (Å²) in [5.41, 5.74) is 0. The molecule has 1 fully saturated rings. The molecule has 1 aromatic rings. The summed E-state index contributed by atoms with van der Waals surface area (Å²) in [6.07, 6.45) is 3.97. The number of piperidine rings is 1. The van der Waals surface area contributed by atoms with Gasteiger partial charge in [0.05, 0.1) is 0 Å². The van der Waals surface area contributed by atoms with Crippen molar-refractivity contribution in [3.63, 3.8) is 0 Å². The second-order valence-electron chi connectivity index (χ2n) is 5.95. The number of rotatable bonds is 6. The van der Waals surface area contributed by atoms with Crippen LogP contribution in [-0.4, -0.2) is 49.8 Å². The van der Waals surface area contributed by atoms with E-state index in [-0.39, 0.29) is 5.91 Å². The van der Waals surface area contributed by atoms with Crippen LogP contribution in [0.2, 0.25) is 0 Å². The standard InChI is InChI=1S/C17H26N2O2S/c1-13(21-15-6-8-16(22-3)9-7-15)17(20)18-11-14-5-4-10-19(2)12-14/h6-9,13-14H,4-5,10-12H2,1-3H3,(H,18,20)/t13-,14-/m1/s1. The monoisotopic (exact) mass is 322 g/mol. The van der Waals surface area contributed by atoms with Crippen LogP contribution in [0, 0.1) is 5.92 Å². The highest BCUT2D eigenvalue weighted by Crippen LogP contribution is 2.20. The van der Waals surface area contributed by atoms with Crippen LogP contribution in [0.25, 0.3) is 0 Å². The Labute approximate surface area is 137 Å². The molecule has 0 spiro atoms. The second-order valence-corrected chi connectivity index (χ2v) is 6.83. The maximum atomic E-state index is 12.1. The number of nitrogens with zero attached hydrogens (tertiary/aromatic N) is 1. The van der Waals surface area contributed by atoms with Crippen LogP contribution in [-0.2, 0) is 4.79 Å². The SMILES string of the molecule is CSc1ccc(O[C@H](C)C(=O)NC[C@H]2CCCN(C)C2)cc1. The van der Waals surface area contributed by atoms with Gasteiger partial charge in [0.1, 0.15) is 5.75 Å². The van der Waals surface area contributed by atoms with Gasteiger partial charge in [0.25, 0.3) is 5.91 Å². The highest BCUT2D eigenvalue weighted by atomic mass is 32.2. The molecule has 122 valence electrons. The first-order valence-corrected chi connectivity index (χ1v) is 9.08. The van der Waals surface area contributed by atoms with Gasteiger partial charge in [-0.05, 0) is 69.8 Å². The number of amides is 1. The number of nitrogens with one attached hydrogen (secondary N) is 1. The minimum Gasteiger partial charge on any atom is -0.481 e. The van der Waals surface area contributed by atoms with Crippen molar-refractivity contribution < 1.29 is 9.53 Å². The molecule has 0 unspecified atom stereocenters. The highest BCUT2D eigenvalue weighted by molar-refractivity contribution is 7.98. The first-order valence-electron chi connectivity index (χ1n) is 7.85. The van der Waals surface area contributed by atoms with E-state index in [1.54, 1.807) is 18.7 Å². The van der Waals surface area contributed by atoms with Crippen LogP contribution >= 0.6 is 11.8 Å². The molecule has 0 aliphatic carbocycles. The minimum absolute atomic E-state index is 0.0397. The topological polar surface area (TPSA) is 41.6 Å². The van der Waals surface area contributed by atoms with Crippen molar-refractivity contribution in [1.29, 1.82) is 0 Å². The van der Waals surface area contributed by atoms with Crippen molar-refractivity contribution in [2.45, 2.75) is 30.8 Å². The lowest BCUT2D eigenvalue weighted by molar-refractivity contribution is -0.127. The van der Waals surface area contributed by atoms with Crippen molar-refractivity contribution in [1.82, 2.24) is 10.2 Å². The molecule has 0 saturated carbocycles. The summed E-state index contributed by atoms with van der Waals surface area (Å²) in [4.78, 5) is 15.7. The van der Waals surface area contributed by atoms with Crippen LogP contribution in [0.1, 0.15) is 19.8 Å². The molecule has 1 heterocycles. The lowest BCUT2D eigenvalue weighted by atomic mass is 9.98. The average molecular weight is 322 g/mol. The molecule has 0 aromatic heterocycles. The molecule has 1 aliphatic rings. The fourth-order valence-corrected chi connectivity index (χ4v) is 3.15. The number of carbonyl (C=O) groups excluding carboxylic acids is 1. The summed E-state index contributed by atoms with van der Waals surface area (Å²) in [7, 11) is 2.14. The normalized spacial score (nSPS) is 20.4. The van der Waals surface area contributed by atoms with Gasteiger partial charge in [-0.3, -0.25) is 4.79 Å². The summed E-state index contributed by atoms with van der Waals surface area (Å²) in [6, 6.07) is 7.82. The smallest absolute Gasteiger partial charge is 0.260 e. The van der Waals surface area contributed by atoms with Crippen LogP contribution in [0.4, 0.5) is 0 Å². The summed E-state index contributed by atoms with van der Waals surface area (Å²) >= 11 is 1.69. The maximum absolute atomic E-state index is 12.1. The van der Waals surface area contributed by atoms with E-state index in [0.29, 0.717) is 5.92 Å². The average Bonchev–Trinajstić information content (AvgIpc) is 2.53. The summed E-state index contributed by atoms with van der Waals surface area (Å²) in [5, 5.41) is 3.02. The third-order valence-corrected chi connectivity index (χ3v) is 4.77. The van der Waals surface area contributed by atoms with Gasteiger partial charge in [0, 0.05) is 18.0 Å². The zero-order valence-corrected chi connectivity index (χ0v) is 14.5. The van der Waals surface area contributed by atoms with Gasteiger partial charge < -0.3 is 15.0 Å². The van der Waals surface area contributed by atoms with Gasteiger partial charge in [0.15, 0.2) is 6.10 Å². The zero-order chi connectivity index (χ0) is 15.9. The van der Waals surface area contributed by atoms with E-state index < -0.39 is 6.10 Å². The molecule has 2 atom stereocenters. The molecular weight excluding hydrogens is 296 g/mol. The van der Waals surface area contributed by atoms with Gasteiger partial charge in [0.2, 0.25) is 0 Å². The Balaban J connectivity index is 1.76. The summed E-state index contributed by atoms with van der Waals surface area (Å²) in [6.45, 7) is 4.76. The zero-order valence-electron chi connectivity index (χ0n) is 13.7. The Morgan fingerprint density at radius 3 is 2.82 bits per heavy atom. The first kappa shape index (κ1) is 17.2. The van der Waals surface area contributed by atoms with Gasteiger partial charge in [-0.2, -0.15) is 0 Å². The molecule has 1 saturated heterocycles. The molecule has 0 bridgehead atoms. The highest BCUT2D eigenvalue weighted by Gasteiger charge is 2.20. The first-order chi connectivity index (χ1) is 10.6. The van der Waals surface area contributed by atoms with Gasteiger partial charge in [-0.1, -0.05) is 0 Å². The van der Waals surface area contributed by atoms with Crippen molar-refractivity contribution >= 4 is 17.7 Å². The number of carbonyl (C=O) groups is 1. The van der Waals surface area contributed by atoms with Crippen molar-refractivity contribution in [2.75, 3.05) is 32.9 Å². The fourth-order valence-electron chi connectivity index (χ4n) is 2.74. The number of likely N-dealkylation sites (tertiary alicyclic amines) is 1. The number of thioether (sulfide) groups is 1. The van der Waals surface area contributed by atoms with E-state index in [9.17, 15) is 4.79 Å². The van der Waals surface area contributed by atoms with E-state index in [1.807, 2.05) is 30.5 Å². The number of hydrogen-bond acceptors (Lipinski definition) is 4. The molecule has 22 heavy (non-hydrogen) atoms. The van der Waals surface area contributed by atoms with E-state index in [1.165, 1.54) is 17.7 Å². The summed E-state index contributed by atoms with van der Waals surface area (Å²) < 4.78 is 5.70. The van der Waals surface area contributed by atoms with E-state index >= 15 is 0 Å². The fraction of sp³-hybridized carbons (Fsp3) is 0.588. The lowest BCUT2D eigenvalue weighted by Gasteiger charge is -2.30. The Kier molecular flexibility index (Phi) is 6.58. The molecule has 5 heteroatoms. The Morgan fingerprint density at radius 1 is 1.45 bits per heavy atom. The quantitative estimate of drug-likeness (QED) is 0.818. The predicted octanol–water partition coefficient (Wildman–Crippen LogP) is 2.63. The molecule has 1 aliphatic heterocycles. The van der Waals surface area contributed by atoms with Crippen LogP contribution in [0.15, 0.2) is 29.2 Å². The number of hydrogen-bond donors (Lipinski definition) is 1. The molecule has 0 radical (unpaired) electrons. The lowest BCUT2D eigenvalue weighted by Crippen LogP contribution is -2.42. The molecule has 2 rings (SSSR count). The molecule has 1 aromatic carbocycles. The Bertz CT molecular complexity index is 478. The Morgan fingerprint density at radius 2 is 2.18 bits per heavy atom. The van der Waals surface area contributed by atoms with Crippen molar-refractivity contribution in [3.05, 3.63) is 24.3 Å². The Hall–Kier alpha value is -1.20. The van der Waals surface area contributed by atoms with Crippen LogP contribution in [0.5, 0.6) is 5.75 Å². The maximum Gasteiger partial charge on any atom is 0.260 e. The number of benzene rings is 1. The van der Waals surface area contributed by atoms with Crippen LogP contribution in [0.3, 0.4) is 0 Å². The van der Waals surface area contributed by atoms with E-state index in [0.717, 1.165) is 25.4 Å². The van der Waals surface area contributed by atoms with E-state index in [2.05, 4.69) is 17.3 Å². The van der Waals surface area contributed by atoms with Crippen LogP contribution < -0.4 is 10.1 Å². The second kappa shape index (κ2) is 8.44. The predicted molar refractivity (Wildman–Crippen MR) is 91.5 cm³/mol. The largest absolute Gasteiger partial charge is 0.481 e. The molecule has 1 N–H and O–H groups in total. The van der Waals surface area contributed by atoms with Gasteiger partial charge in [-0.25, -0.2) is 0 Å². The molecular formula is C17H26N2O2S.